The molecule has 3 aliphatic carbocycles. The minimum Gasteiger partial charge on any atom is -0.372 e. The smallest absolute Gasteiger partial charge is 0.129 e. The average Bonchev–Trinajstić information content (AvgIpc) is 2.78. The first-order chi connectivity index (χ1) is 15.0. The van der Waals surface area contributed by atoms with Gasteiger partial charge in [-0.2, -0.15) is 0 Å². The molecule has 3 saturated carbocycles. The van der Waals surface area contributed by atoms with Crippen LogP contribution in [0.4, 0.5) is 4.39 Å². The highest BCUT2D eigenvalue weighted by atomic mass is 19.1. The van der Waals surface area contributed by atoms with E-state index < -0.39 is 6.17 Å². The van der Waals surface area contributed by atoms with E-state index >= 15 is 4.39 Å². The lowest BCUT2D eigenvalue weighted by atomic mass is 9.63. The van der Waals surface area contributed by atoms with Gasteiger partial charge in [0.15, 0.2) is 0 Å². The normalized spacial score (nSPS) is 40.5. The molecule has 0 bridgehead atoms. The summed E-state index contributed by atoms with van der Waals surface area (Å²) in [5, 5.41) is 0. The Morgan fingerprint density at radius 3 is 2.00 bits per heavy atom. The molecule has 3 fully saturated rings. The van der Waals surface area contributed by atoms with Crippen LogP contribution < -0.4 is 0 Å². The van der Waals surface area contributed by atoms with Gasteiger partial charge in [0.1, 0.15) is 6.17 Å². The maximum absolute atomic E-state index is 15.3. The number of hydrogen-bond acceptors (Lipinski definition) is 1. The second kappa shape index (κ2) is 13.0. The van der Waals surface area contributed by atoms with E-state index in [1.807, 2.05) is 0 Å². The fourth-order valence-electron chi connectivity index (χ4n) is 7.61. The second-order valence-electron chi connectivity index (χ2n) is 11.8. The molecule has 5 unspecified atom stereocenters. The predicted molar refractivity (Wildman–Crippen MR) is 131 cm³/mol. The number of halogens is 1. The molecule has 3 aliphatic rings. The molecule has 0 aromatic heterocycles. The fourth-order valence-corrected chi connectivity index (χ4v) is 7.61. The molecule has 0 aromatic rings. The fraction of sp³-hybridized carbons (Fsp3) is 1.00. The van der Waals surface area contributed by atoms with Gasteiger partial charge in [0.25, 0.3) is 0 Å². The van der Waals surface area contributed by atoms with Gasteiger partial charge in [-0.15, -0.1) is 0 Å². The van der Waals surface area contributed by atoms with E-state index in [2.05, 4.69) is 27.7 Å². The average molecular weight is 437 g/mol. The van der Waals surface area contributed by atoms with Gasteiger partial charge in [-0.1, -0.05) is 65.7 Å². The highest BCUT2D eigenvalue weighted by Gasteiger charge is 2.43. The van der Waals surface area contributed by atoms with Crippen LogP contribution in [0.1, 0.15) is 130 Å². The Balaban J connectivity index is 1.40. The molecular formula is C29H53FO. The van der Waals surface area contributed by atoms with Gasteiger partial charge in [-0.05, 0) is 100 Å². The molecule has 0 radical (unpaired) electrons. The van der Waals surface area contributed by atoms with Gasteiger partial charge in [0, 0.05) is 0 Å². The van der Waals surface area contributed by atoms with Crippen molar-refractivity contribution in [1.29, 1.82) is 0 Å². The molecule has 0 N–H and O–H groups in total. The summed E-state index contributed by atoms with van der Waals surface area (Å²) in [7, 11) is 0. The maximum Gasteiger partial charge on any atom is 0.129 e. The summed E-state index contributed by atoms with van der Waals surface area (Å²) in [6.45, 7) is 8.91. The number of unbranched alkanes of at least 4 members (excludes halogenated alkanes) is 2. The molecule has 0 spiro atoms. The van der Waals surface area contributed by atoms with E-state index in [0.717, 1.165) is 36.5 Å². The first-order valence-corrected chi connectivity index (χ1v) is 14.3. The van der Waals surface area contributed by atoms with Crippen LogP contribution in [0.5, 0.6) is 0 Å². The number of rotatable bonds is 10. The van der Waals surface area contributed by atoms with Gasteiger partial charge in [-0.3, -0.25) is 0 Å². The predicted octanol–water partition coefficient (Wildman–Crippen LogP) is 9.14. The molecule has 3 rings (SSSR count). The van der Waals surface area contributed by atoms with Crippen molar-refractivity contribution in [2.24, 2.45) is 35.5 Å². The van der Waals surface area contributed by atoms with E-state index in [0.29, 0.717) is 5.92 Å². The lowest BCUT2D eigenvalue weighted by molar-refractivity contribution is -0.102. The van der Waals surface area contributed by atoms with Crippen molar-refractivity contribution in [3.63, 3.8) is 0 Å². The Kier molecular flexibility index (Phi) is 10.7. The lowest BCUT2D eigenvalue weighted by Gasteiger charge is -2.45. The van der Waals surface area contributed by atoms with Crippen LogP contribution in [0.25, 0.3) is 0 Å². The molecule has 182 valence electrons. The molecule has 0 amide bonds. The molecule has 5 atom stereocenters. The molecule has 31 heavy (non-hydrogen) atoms. The summed E-state index contributed by atoms with van der Waals surface area (Å²) < 4.78 is 21.5. The summed E-state index contributed by atoms with van der Waals surface area (Å²) in [6, 6.07) is 0. The molecule has 2 heteroatoms. The maximum atomic E-state index is 15.3. The molecule has 0 aromatic carbocycles. The van der Waals surface area contributed by atoms with Crippen molar-refractivity contribution in [3.8, 4) is 0 Å². The SMILES string of the molecule is CCCCCC(C)OC1CCC(C2CCC(C3CCC(CCC)CC3)CC2)C(C)C1F. The van der Waals surface area contributed by atoms with Crippen LogP contribution >= 0.6 is 0 Å². The molecule has 0 aliphatic heterocycles. The Hall–Kier alpha value is -0.110. The highest BCUT2D eigenvalue weighted by Crippen LogP contribution is 2.48. The van der Waals surface area contributed by atoms with Gasteiger partial charge in [0.05, 0.1) is 12.2 Å². The number of hydrogen-bond donors (Lipinski definition) is 0. The zero-order chi connectivity index (χ0) is 22.2. The summed E-state index contributed by atoms with van der Waals surface area (Å²) in [6.07, 6.45) is 20.5. The molecule has 0 saturated heterocycles. The Morgan fingerprint density at radius 1 is 0.774 bits per heavy atom. The third-order valence-electron chi connectivity index (χ3n) is 9.62. The molecule has 0 heterocycles. The molecule has 1 nitrogen and oxygen atoms in total. The summed E-state index contributed by atoms with van der Waals surface area (Å²) in [5.41, 5.74) is 0. The van der Waals surface area contributed by atoms with E-state index in [4.69, 9.17) is 4.74 Å². The van der Waals surface area contributed by atoms with Gasteiger partial charge in [0.2, 0.25) is 0 Å². The van der Waals surface area contributed by atoms with Crippen LogP contribution in [0.15, 0.2) is 0 Å². The number of alkyl halides is 1. The van der Waals surface area contributed by atoms with E-state index in [1.54, 1.807) is 0 Å². The van der Waals surface area contributed by atoms with E-state index in [-0.39, 0.29) is 18.1 Å². The lowest BCUT2D eigenvalue weighted by Crippen LogP contribution is -2.44. The monoisotopic (exact) mass is 436 g/mol. The minimum atomic E-state index is -0.765. The highest BCUT2D eigenvalue weighted by molar-refractivity contribution is 4.92. The van der Waals surface area contributed by atoms with E-state index in [1.165, 1.54) is 89.9 Å². The van der Waals surface area contributed by atoms with Crippen LogP contribution in [0.3, 0.4) is 0 Å². The number of ether oxygens (including phenoxy) is 1. The van der Waals surface area contributed by atoms with Gasteiger partial charge >= 0.3 is 0 Å². The quantitative estimate of drug-likeness (QED) is 0.310. The second-order valence-corrected chi connectivity index (χ2v) is 11.8. The van der Waals surface area contributed by atoms with Gasteiger partial charge < -0.3 is 4.74 Å². The third kappa shape index (κ3) is 7.18. The summed E-state index contributed by atoms with van der Waals surface area (Å²) >= 11 is 0. The standard InChI is InChI=1S/C29H53FO/c1-5-7-8-10-21(3)31-28-20-19-27(22(4)29(28)30)26-17-15-25(16-18-26)24-13-11-23(9-6-2)12-14-24/h21-29H,5-20H2,1-4H3. The largest absolute Gasteiger partial charge is 0.372 e. The Labute approximate surface area is 193 Å². The minimum absolute atomic E-state index is 0.155. The van der Waals surface area contributed by atoms with Crippen LogP contribution in [-0.4, -0.2) is 18.4 Å². The first-order valence-electron chi connectivity index (χ1n) is 14.3. The third-order valence-corrected chi connectivity index (χ3v) is 9.62. The Bertz CT molecular complexity index is 477. The van der Waals surface area contributed by atoms with E-state index in [9.17, 15) is 0 Å². The van der Waals surface area contributed by atoms with Crippen molar-refractivity contribution in [1.82, 2.24) is 0 Å². The van der Waals surface area contributed by atoms with Crippen molar-refractivity contribution in [2.45, 2.75) is 149 Å². The van der Waals surface area contributed by atoms with Crippen LogP contribution in [0, 0.1) is 35.5 Å². The summed E-state index contributed by atoms with van der Waals surface area (Å²) in [5.74, 6) is 4.52. The van der Waals surface area contributed by atoms with Crippen molar-refractivity contribution in [3.05, 3.63) is 0 Å². The zero-order valence-corrected chi connectivity index (χ0v) is 21.3. The van der Waals surface area contributed by atoms with Crippen LogP contribution in [-0.2, 0) is 4.74 Å². The van der Waals surface area contributed by atoms with Crippen molar-refractivity contribution < 1.29 is 9.13 Å². The Morgan fingerprint density at radius 2 is 1.39 bits per heavy atom. The van der Waals surface area contributed by atoms with Crippen LogP contribution in [0.2, 0.25) is 0 Å². The zero-order valence-electron chi connectivity index (χ0n) is 21.3. The van der Waals surface area contributed by atoms with Crippen molar-refractivity contribution >= 4 is 0 Å². The van der Waals surface area contributed by atoms with Crippen molar-refractivity contribution in [2.75, 3.05) is 0 Å². The first kappa shape index (κ1) is 25.5. The molecular weight excluding hydrogens is 383 g/mol. The summed E-state index contributed by atoms with van der Waals surface area (Å²) in [4.78, 5) is 0. The van der Waals surface area contributed by atoms with Gasteiger partial charge in [-0.25, -0.2) is 4.39 Å². The topological polar surface area (TPSA) is 9.23 Å².